The number of nitrogens with zero attached hydrogens (tertiary/aromatic N) is 3. The quantitative estimate of drug-likeness (QED) is 0.897. The smallest absolute Gasteiger partial charge is 0.101 e. The van der Waals surface area contributed by atoms with Gasteiger partial charge in [-0.05, 0) is 37.8 Å². The summed E-state index contributed by atoms with van der Waals surface area (Å²) in [6.07, 6.45) is 8.99. The maximum atomic E-state index is 6.12. The Balaban J connectivity index is 1.37. The average molecular weight is 354 g/mol. The third-order valence-electron chi connectivity index (χ3n) is 5.58. The molecule has 0 radical (unpaired) electrons. The molecule has 5 nitrogen and oxygen atoms in total. The summed E-state index contributed by atoms with van der Waals surface area (Å²) in [6.45, 7) is 4.21. The van der Waals surface area contributed by atoms with Gasteiger partial charge in [-0.3, -0.25) is 9.58 Å². The van der Waals surface area contributed by atoms with Crippen molar-refractivity contribution in [3.05, 3.63) is 53.9 Å². The van der Waals surface area contributed by atoms with E-state index in [1.807, 2.05) is 17.9 Å². The van der Waals surface area contributed by atoms with Crippen molar-refractivity contribution >= 4 is 0 Å². The largest absolute Gasteiger partial charge is 0.372 e. The van der Waals surface area contributed by atoms with Gasteiger partial charge in [0, 0.05) is 50.6 Å². The average Bonchev–Trinajstić information content (AvgIpc) is 3.10. The summed E-state index contributed by atoms with van der Waals surface area (Å²) in [7, 11) is 1.97. The predicted molar refractivity (Wildman–Crippen MR) is 103 cm³/mol. The van der Waals surface area contributed by atoms with E-state index in [4.69, 9.17) is 4.74 Å². The summed E-state index contributed by atoms with van der Waals surface area (Å²) in [4.78, 5) is 2.58. The van der Waals surface area contributed by atoms with E-state index in [1.54, 1.807) is 0 Å². The third-order valence-corrected chi connectivity index (χ3v) is 5.58. The minimum atomic E-state index is 0.127. The number of benzene rings is 1. The van der Waals surface area contributed by atoms with E-state index < -0.39 is 0 Å². The molecule has 140 valence electrons. The molecule has 1 N–H and O–H groups in total. The molecule has 2 fully saturated rings. The number of likely N-dealkylation sites (tertiary alicyclic amines) is 1. The molecule has 0 saturated carbocycles. The fraction of sp³-hybridized carbons (Fsp3) is 0.571. The van der Waals surface area contributed by atoms with E-state index in [1.165, 1.54) is 36.9 Å². The van der Waals surface area contributed by atoms with Crippen LogP contribution < -0.4 is 5.32 Å². The minimum Gasteiger partial charge on any atom is -0.372 e. The van der Waals surface area contributed by atoms with Gasteiger partial charge in [0.2, 0.25) is 0 Å². The van der Waals surface area contributed by atoms with E-state index in [2.05, 4.69) is 51.8 Å². The number of nitrogens with one attached hydrogen (secondary N) is 1. The summed E-state index contributed by atoms with van der Waals surface area (Å²) in [5.74, 6) is 0. The highest BCUT2D eigenvalue weighted by Crippen LogP contribution is 2.29. The van der Waals surface area contributed by atoms with Crippen LogP contribution in [-0.2, 0) is 18.3 Å². The molecule has 2 aliphatic rings. The zero-order valence-electron chi connectivity index (χ0n) is 15.7. The van der Waals surface area contributed by atoms with Crippen LogP contribution in [0.25, 0.3) is 0 Å². The second-order valence-electron chi connectivity index (χ2n) is 7.71. The molecule has 0 aliphatic carbocycles. The highest BCUT2D eigenvalue weighted by molar-refractivity contribution is 5.15. The van der Waals surface area contributed by atoms with Crippen LogP contribution in [0, 0.1) is 0 Å². The molecule has 2 saturated heterocycles. The number of hydrogen-bond donors (Lipinski definition) is 1. The zero-order chi connectivity index (χ0) is 17.8. The summed E-state index contributed by atoms with van der Waals surface area (Å²) < 4.78 is 7.99. The number of hydrogen-bond acceptors (Lipinski definition) is 4. The molecule has 0 amide bonds. The van der Waals surface area contributed by atoms with E-state index >= 15 is 0 Å². The monoisotopic (exact) mass is 354 g/mol. The number of ether oxygens (including phenoxy) is 1. The summed E-state index contributed by atoms with van der Waals surface area (Å²) in [5.41, 5.74) is 2.60. The molecule has 3 heterocycles. The van der Waals surface area contributed by atoms with E-state index in [-0.39, 0.29) is 6.10 Å². The lowest BCUT2D eigenvalue weighted by Crippen LogP contribution is -2.51. The zero-order valence-corrected chi connectivity index (χ0v) is 15.7. The highest BCUT2D eigenvalue weighted by Gasteiger charge is 2.31. The normalized spacial score (nSPS) is 27.5. The molecular formula is C21H30N4O. The molecule has 1 aromatic carbocycles. The molecule has 0 bridgehead atoms. The van der Waals surface area contributed by atoms with Crippen LogP contribution in [0.2, 0.25) is 0 Å². The van der Waals surface area contributed by atoms with Gasteiger partial charge in [-0.15, -0.1) is 0 Å². The Labute approximate surface area is 156 Å². The molecule has 4 rings (SSSR count). The SMILES string of the molecule is Cn1cc([C@H]2OCCC[C@@H]2N[C@H]2CCCN(Cc3ccccc3)C2)cn1. The maximum Gasteiger partial charge on any atom is 0.101 e. The van der Waals surface area contributed by atoms with Gasteiger partial charge in [0.25, 0.3) is 0 Å². The van der Waals surface area contributed by atoms with Crippen LogP contribution in [0.1, 0.15) is 42.9 Å². The Morgan fingerprint density at radius 1 is 1.19 bits per heavy atom. The van der Waals surface area contributed by atoms with Gasteiger partial charge in [-0.25, -0.2) is 0 Å². The Morgan fingerprint density at radius 2 is 2.08 bits per heavy atom. The molecule has 2 aromatic rings. The summed E-state index contributed by atoms with van der Waals surface area (Å²) in [6, 6.07) is 11.7. The van der Waals surface area contributed by atoms with Gasteiger partial charge < -0.3 is 10.1 Å². The Hall–Kier alpha value is -1.69. The van der Waals surface area contributed by atoms with Crippen molar-refractivity contribution in [1.29, 1.82) is 0 Å². The first kappa shape index (κ1) is 17.7. The molecule has 26 heavy (non-hydrogen) atoms. The first-order valence-electron chi connectivity index (χ1n) is 9.90. The maximum absolute atomic E-state index is 6.12. The Bertz CT molecular complexity index is 686. The summed E-state index contributed by atoms with van der Waals surface area (Å²) in [5, 5.41) is 8.26. The van der Waals surface area contributed by atoms with Gasteiger partial charge in [-0.2, -0.15) is 5.10 Å². The van der Waals surface area contributed by atoms with Gasteiger partial charge >= 0.3 is 0 Å². The van der Waals surface area contributed by atoms with Crippen LogP contribution in [0.4, 0.5) is 0 Å². The van der Waals surface area contributed by atoms with Crippen molar-refractivity contribution in [3.63, 3.8) is 0 Å². The molecule has 3 atom stereocenters. The first-order valence-corrected chi connectivity index (χ1v) is 9.90. The first-order chi connectivity index (χ1) is 12.8. The molecule has 0 spiro atoms. The second kappa shape index (κ2) is 8.33. The lowest BCUT2D eigenvalue weighted by Gasteiger charge is -2.39. The van der Waals surface area contributed by atoms with Crippen LogP contribution in [0.5, 0.6) is 0 Å². The van der Waals surface area contributed by atoms with Gasteiger partial charge in [0.1, 0.15) is 6.10 Å². The third kappa shape index (κ3) is 4.34. The standard InChI is InChI=1S/C21H30N4O/c1-24-15-18(13-22-24)21-20(10-6-12-26-21)23-19-9-5-11-25(16-19)14-17-7-3-2-4-8-17/h2-4,7-8,13,15,19-21,23H,5-6,9-12,14,16H2,1H3/t19-,20-,21+/m0/s1. The van der Waals surface area contributed by atoms with Gasteiger partial charge in [0.05, 0.1) is 6.20 Å². The van der Waals surface area contributed by atoms with Crippen LogP contribution in [-0.4, -0.2) is 46.5 Å². The van der Waals surface area contributed by atoms with Gasteiger partial charge in [-0.1, -0.05) is 30.3 Å². The highest BCUT2D eigenvalue weighted by atomic mass is 16.5. The van der Waals surface area contributed by atoms with Crippen molar-refractivity contribution in [2.24, 2.45) is 7.05 Å². The molecule has 2 aliphatic heterocycles. The minimum absolute atomic E-state index is 0.127. The molecule has 5 heteroatoms. The Kier molecular flexibility index (Phi) is 5.68. The van der Waals surface area contributed by atoms with E-state index in [0.717, 1.165) is 26.1 Å². The van der Waals surface area contributed by atoms with Crippen LogP contribution >= 0.6 is 0 Å². The van der Waals surface area contributed by atoms with Gasteiger partial charge in [0.15, 0.2) is 0 Å². The molecule has 0 unspecified atom stereocenters. The topological polar surface area (TPSA) is 42.3 Å². The number of aromatic nitrogens is 2. The lowest BCUT2D eigenvalue weighted by molar-refractivity contribution is -0.0169. The lowest BCUT2D eigenvalue weighted by atomic mass is 9.95. The van der Waals surface area contributed by atoms with E-state index in [9.17, 15) is 0 Å². The van der Waals surface area contributed by atoms with Crippen LogP contribution in [0.15, 0.2) is 42.7 Å². The molecule has 1 aromatic heterocycles. The van der Waals surface area contributed by atoms with Crippen LogP contribution in [0.3, 0.4) is 0 Å². The van der Waals surface area contributed by atoms with Crippen molar-refractivity contribution < 1.29 is 4.74 Å². The Morgan fingerprint density at radius 3 is 2.88 bits per heavy atom. The number of piperidine rings is 1. The van der Waals surface area contributed by atoms with Crippen molar-refractivity contribution in [1.82, 2.24) is 20.0 Å². The van der Waals surface area contributed by atoms with Crippen molar-refractivity contribution in [2.75, 3.05) is 19.7 Å². The van der Waals surface area contributed by atoms with Crippen molar-refractivity contribution in [3.8, 4) is 0 Å². The number of aryl methyl sites for hydroxylation is 1. The predicted octanol–water partition coefficient (Wildman–Crippen LogP) is 2.89. The molecular weight excluding hydrogens is 324 g/mol. The van der Waals surface area contributed by atoms with E-state index in [0.29, 0.717) is 12.1 Å². The summed E-state index contributed by atoms with van der Waals surface area (Å²) >= 11 is 0. The fourth-order valence-corrected chi connectivity index (χ4v) is 4.35. The number of rotatable bonds is 5. The fourth-order valence-electron chi connectivity index (χ4n) is 4.35. The second-order valence-corrected chi connectivity index (χ2v) is 7.71. The van der Waals surface area contributed by atoms with Crippen molar-refractivity contribution in [2.45, 2.75) is 50.4 Å².